The number of aromatic nitrogens is 2. The van der Waals surface area contributed by atoms with Crippen molar-refractivity contribution in [1.29, 1.82) is 0 Å². The third kappa shape index (κ3) is 1.50. The van der Waals surface area contributed by atoms with Crippen LogP contribution >= 0.6 is 0 Å². The van der Waals surface area contributed by atoms with E-state index in [2.05, 4.69) is 9.94 Å². The van der Waals surface area contributed by atoms with Gasteiger partial charge >= 0.3 is 5.97 Å². The first-order valence-corrected chi connectivity index (χ1v) is 4.14. The molecule has 1 N–H and O–H groups in total. The number of alkyl halides is 1. The molecule has 1 aromatic carbocycles. The highest BCUT2D eigenvalue weighted by Crippen LogP contribution is 2.17. The van der Waals surface area contributed by atoms with Gasteiger partial charge in [-0.25, -0.2) is 9.18 Å². The summed E-state index contributed by atoms with van der Waals surface area (Å²) in [6, 6.07) is 6.55. The van der Waals surface area contributed by atoms with Gasteiger partial charge in [0.05, 0.1) is 0 Å². The molecule has 0 aliphatic carbocycles. The molecule has 0 radical (unpaired) electrons. The van der Waals surface area contributed by atoms with E-state index in [1.54, 1.807) is 24.3 Å². The van der Waals surface area contributed by atoms with Crippen LogP contribution in [0.3, 0.4) is 0 Å². The average Bonchev–Trinajstić information content (AvgIpc) is 2.59. The fourth-order valence-electron chi connectivity index (χ4n) is 1.34. The number of carbonyl (C=O) groups is 1. The molecular formula is C9H7FN2O3. The third-order valence-electron chi connectivity index (χ3n) is 1.93. The molecule has 0 fully saturated rings. The van der Waals surface area contributed by atoms with Crippen molar-refractivity contribution in [2.45, 2.75) is 0 Å². The van der Waals surface area contributed by atoms with Crippen molar-refractivity contribution in [3.05, 3.63) is 30.0 Å². The van der Waals surface area contributed by atoms with E-state index in [1.807, 2.05) is 0 Å². The Kier molecular flexibility index (Phi) is 2.24. The lowest BCUT2D eigenvalue weighted by molar-refractivity contribution is 0.0272. The van der Waals surface area contributed by atoms with Crippen molar-refractivity contribution in [3.63, 3.8) is 0 Å². The summed E-state index contributed by atoms with van der Waals surface area (Å²) in [6.07, 6.45) is 0. The first kappa shape index (κ1) is 9.45. The van der Waals surface area contributed by atoms with E-state index in [9.17, 15) is 9.18 Å². The van der Waals surface area contributed by atoms with Crippen LogP contribution in [0, 0.1) is 0 Å². The highest BCUT2D eigenvalue weighted by molar-refractivity contribution is 6.00. The molecule has 0 bridgehead atoms. The van der Waals surface area contributed by atoms with Crippen LogP contribution in [0.25, 0.3) is 10.9 Å². The zero-order valence-corrected chi connectivity index (χ0v) is 7.55. The van der Waals surface area contributed by atoms with Crippen LogP contribution < -0.4 is 4.84 Å². The summed E-state index contributed by atoms with van der Waals surface area (Å²) in [4.78, 5) is 16.2. The molecule has 0 saturated heterocycles. The van der Waals surface area contributed by atoms with E-state index in [0.717, 1.165) is 4.85 Å². The van der Waals surface area contributed by atoms with Gasteiger partial charge in [0.25, 0.3) is 6.86 Å². The smallest absolute Gasteiger partial charge is 0.357 e. The summed E-state index contributed by atoms with van der Waals surface area (Å²) in [5.74, 6) is -1.17. The molecule has 0 amide bonds. The van der Waals surface area contributed by atoms with Crippen LogP contribution in [0.2, 0.25) is 0 Å². The zero-order chi connectivity index (χ0) is 10.8. The van der Waals surface area contributed by atoms with Gasteiger partial charge in [-0.05, 0) is 6.07 Å². The van der Waals surface area contributed by atoms with Gasteiger partial charge in [0, 0.05) is 5.39 Å². The van der Waals surface area contributed by atoms with Crippen LogP contribution in [-0.2, 0) is 0 Å². The number of carboxylic acid groups (broad SMARTS) is 1. The van der Waals surface area contributed by atoms with Crippen molar-refractivity contribution in [2.75, 3.05) is 6.86 Å². The Morgan fingerprint density at radius 2 is 2.27 bits per heavy atom. The molecule has 5 nitrogen and oxygen atoms in total. The number of halogens is 1. The highest BCUT2D eigenvalue weighted by Gasteiger charge is 2.16. The van der Waals surface area contributed by atoms with Gasteiger partial charge in [-0.2, -0.15) is 0 Å². The van der Waals surface area contributed by atoms with E-state index < -0.39 is 12.8 Å². The van der Waals surface area contributed by atoms with Gasteiger partial charge in [0.15, 0.2) is 5.69 Å². The maximum atomic E-state index is 12.0. The van der Waals surface area contributed by atoms with E-state index in [-0.39, 0.29) is 5.69 Å². The number of para-hydroxylation sites is 1. The summed E-state index contributed by atoms with van der Waals surface area (Å²) in [6.45, 7) is -1.06. The topological polar surface area (TPSA) is 64.3 Å². The zero-order valence-electron chi connectivity index (χ0n) is 7.55. The van der Waals surface area contributed by atoms with E-state index >= 15 is 0 Å². The number of carboxylic acids is 1. The largest absolute Gasteiger partial charge is 0.476 e. The normalized spacial score (nSPS) is 10.5. The number of hydrogen-bond acceptors (Lipinski definition) is 3. The van der Waals surface area contributed by atoms with Crippen LogP contribution in [0.4, 0.5) is 4.39 Å². The Balaban J connectivity index is 2.67. The molecule has 1 aromatic heterocycles. The summed E-state index contributed by atoms with van der Waals surface area (Å²) in [5.41, 5.74) is 0.270. The summed E-state index contributed by atoms with van der Waals surface area (Å²) in [7, 11) is 0. The van der Waals surface area contributed by atoms with Crippen LogP contribution in [0.5, 0.6) is 0 Å². The lowest BCUT2D eigenvalue weighted by atomic mass is 10.2. The second-order valence-corrected chi connectivity index (χ2v) is 2.78. The van der Waals surface area contributed by atoms with Gasteiger partial charge in [-0.3, -0.25) is 0 Å². The van der Waals surface area contributed by atoms with Crippen molar-refractivity contribution in [3.8, 4) is 0 Å². The van der Waals surface area contributed by atoms with E-state index in [1.165, 1.54) is 0 Å². The third-order valence-corrected chi connectivity index (χ3v) is 1.93. The second-order valence-electron chi connectivity index (χ2n) is 2.78. The average molecular weight is 210 g/mol. The molecule has 1 heterocycles. The summed E-state index contributed by atoms with van der Waals surface area (Å²) >= 11 is 0. The number of aromatic carboxylic acids is 1. The highest BCUT2D eigenvalue weighted by atomic mass is 19.1. The molecule has 15 heavy (non-hydrogen) atoms. The van der Waals surface area contributed by atoms with E-state index in [0.29, 0.717) is 10.9 Å². The Morgan fingerprint density at radius 3 is 2.93 bits per heavy atom. The molecular weight excluding hydrogens is 203 g/mol. The van der Waals surface area contributed by atoms with Crippen LogP contribution in [-0.4, -0.2) is 27.9 Å². The Labute approximate surface area is 83.6 Å². The monoisotopic (exact) mass is 210 g/mol. The van der Waals surface area contributed by atoms with E-state index in [4.69, 9.17) is 5.11 Å². The Bertz CT molecular complexity index is 509. The molecule has 0 spiro atoms. The number of rotatable bonds is 3. The van der Waals surface area contributed by atoms with Gasteiger partial charge in [-0.1, -0.05) is 23.0 Å². The van der Waals surface area contributed by atoms with Crippen molar-refractivity contribution in [2.24, 2.45) is 0 Å². The van der Waals surface area contributed by atoms with Crippen molar-refractivity contribution >= 4 is 16.9 Å². The van der Waals surface area contributed by atoms with Crippen molar-refractivity contribution in [1.82, 2.24) is 9.94 Å². The number of nitrogens with zero attached hydrogens (tertiary/aromatic N) is 2. The maximum Gasteiger partial charge on any atom is 0.357 e. The molecule has 0 unspecified atom stereocenters. The Hall–Kier alpha value is -2.11. The van der Waals surface area contributed by atoms with Crippen LogP contribution in [0.1, 0.15) is 10.5 Å². The number of benzene rings is 1. The molecule has 0 saturated carbocycles. The van der Waals surface area contributed by atoms with Gasteiger partial charge < -0.3 is 9.94 Å². The molecule has 6 heteroatoms. The first-order valence-electron chi connectivity index (χ1n) is 4.14. The van der Waals surface area contributed by atoms with Crippen LogP contribution in [0.15, 0.2) is 24.3 Å². The Morgan fingerprint density at radius 1 is 1.53 bits per heavy atom. The minimum atomic E-state index is -1.17. The SMILES string of the molecule is O=C(O)c1nn(OCF)c2ccccc12. The minimum Gasteiger partial charge on any atom is -0.476 e. The lowest BCUT2D eigenvalue weighted by Crippen LogP contribution is -2.12. The fourth-order valence-corrected chi connectivity index (χ4v) is 1.34. The first-order chi connectivity index (χ1) is 7.24. The second kappa shape index (κ2) is 3.56. The summed E-state index contributed by atoms with van der Waals surface area (Å²) in [5, 5.41) is 12.9. The number of fused-ring (bicyclic) bond motifs is 1. The van der Waals surface area contributed by atoms with Gasteiger partial charge in [0.2, 0.25) is 0 Å². The molecule has 2 aromatic rings. The minimum absolute atomic E-state index is 0.154. The quantitative estimate of drug-likeness (QED) is 0.823. The molecule has 0 aliphatic rings. The fraction of sp³-hybridized carbons (Fsp3) is 0.111. The molecule has 0 aliphatic heterocycles. The van der Waals surface area contributed by atoms with Gasteiger partial charge in [-0.15, -0.1) is 5.10 Å². The summed E-state index contributed by atoms with van der Waals surface area (Å²) < 4.78 is 12.0. The molecule has 2 rings (SSSR count). The predicted molar refractivity (Wildman–Crippen MR) is 49.2 cm³/mol. The number of hydrogen-bond donors (Lipinski definition) is 1. The molecule has 0 atom stereocenters. The lowest BCUT2D eigenvalue weighted by Gasteiger charge is -1.99. The van der Waals surface area contributed by atoms with Crippen molar-refractivity contribution < 1.29 is 19.1 Å². The predicted octanol–water partition coefficient (Wildman–Crippen LogP) is 1.09. The maximum absolute atomic E-state index is 12.0. The standard InChI is InChI=1S/C9H7FN2O3/c10-5-15-12-7-4-2-1-3-6(7)8(11-12)9(13)14/h1-4H,5H2,(H,13,14). The van der Waals surface area contributed by atoms with Gasteiger partial charge in [0.1, 0.15) is 5.52 Å². The molecule has 78 valence electrons.